The van der Waals surface area contributed by atoms with Gasteiger partial charge in [-0.2, -0.15) is 0 Å². The van der Waals surface area contributed by atoms with Crippen molar-refractivity contribution in [1.82, 2.24) is 4.98 Å². The van der Waals surface area contributed by atoms with Crippen LogP contribution in [0.2, 0.25) is 19.6 Å². The second kappa shape index (κ2) is 3.40. The van der Waals surface area contributed by atoms with Crippen molar-refractivity contribution in [1.29, 1.82) is 0 Å². The second-order valence-electron chi connectivity index (χ2n) is 4.11. The Bertz CT molecular complexity index is 263. The highest BCUT2D eigenvalue weighted by molar-refractivity contribution is 6.88. The zero-order chi connectivity index (χ0) is 9.19. The summed E-state index contributed by atoms with van der Waals surface area (Å²) in [5.74, 6) is 0. The van der Waals surface area contributed by atoms with Crippen LogP contribution in [-0.4, -0.2) is 13.1 Å². The number of hydrogen-bond donors (Lipinski definition) is 0. The number of hydrogen-bond acceptors (Lipinski definition) is 1. The third kappa shape index (κ3) is 1.94. The summed E-state index contributed by atoms with van der Waals surface area (Å²) in [6.45, 7) is 9.22. The molecule has 0 aliphatic heterocycles. The predicted octanol–water partition coefficient (Wildman–Crippen LogP) is 2.19. The number of pyridine rings is 1. The van der Waals surface area contributed by atoms with Crippen LogP contribution in [0.3, 0.4) is 0 Å². The van der Waals surface area contributed by atoms with Gasteiger partial charge in [0.2, 0.25) is 0 Å². The fourth-order valence-electron chi connectivity index (χ4n) is 1.40. The molecule has 0 fully saturated rings. The van der Waals surface area contributed by atoms with Crippen molar-refractivity contribution < 1.29 is 0 Å². The number of rotatable bonds is 2. The van der Waals surface area contributed by atoms with Crippen LogP contribution in [0.5, 0.6) is 0 Å². The Morgan fingerprint density at radius 3 is 2.42 bits per heavy atom. The Balaban J connectivity index is 3.14. The molecule has 0 unspecified atom stereocenters. The first-order valence-electron chi connectivity index (χ1n) is 4.50. The molecule has 0 aliphatic carbocycles. The van der Waals surface area contributed by atoms with E-state index < -0.39 is 8.07 Å². The highest BCUT2D eigenvalue weighted by Crippen LogP contribution is 2.05. The van der Waals surface area contributed by atoms with E-state index in [0.29, 0.717) is 0 Å². The lowest BCUT2D eigenvalue weighted by Crippen LogP contribution is -2.42. The quantitative estimate of drug-likeness (QED) is 0.634. The molecule has 1 aromatic heterocycles. The van der Waals surface area contributed by atoms with Crippen LogP contribution in [0.15, 0.2) is 18.3 Å². The minimum absolute atomic E-state index is 1.10. The minimum Gasteiger partial charge on any atom is -0.266 e. The molecule has 0 atom stereocenters. The summed E-state index contributed by atoms with van der Waals surface area (Å²) >= 11 is 0. The third-order valence-electron chi connectivity index (χ3n) is 1.98. The first-order valence-corrected chi connectivity index (χ1v) is 8.00. The summed E-state index contributed by atoms with van der Waals surface area (Å²) in [5, 5.41) is 1.37. The zero-order valence-corrected chi connectivity index (χ0v) is 9.39. The molecule has 1 rings (SSSR count). The van der Waals surface area contributed by atoms with Crippen LogP contribution < -0.4 is 5.32 Å². The molecule has 1 aromatic rings. The van der Waals surface area contributed by atoms with E-state index in [2.05, 4.69) is 37.6 Å². The summed E-state index contributed by atoms with van der Waals surface area (Å²) < 4.78 is 0. The van der Waals surface area contributed by atoms with Crippen molar-refractivity contribution in [3.63, 3.8) is 0 Å². The van der Waals surface area contributed by atoms with E-state index in [4.69, 9.17) is 0 Å². The summed E-state index contributed by atoms with van der Waals surface area (Å²) in [6.07, 6.45) is 3.01. The van der Waals surface area contributed by atoms with E-state index >= 15 is 0 Å². The van der Waals surface area contributed by atoms with Crippen molar-refractivity contribution in [3.05, 3.63) is 23.9 Å². The predicted molar refractivity (Wildman–Crippen MR) is 56.6 cm³/mol. The Labute approximate surface area is 75.9 Å². The summed E-state index contributed by atoms with van der Waals surface area (Å²) in [6, 6.07) is 4.23. The van der Waals surface area contributed by atoms with Crippen LogP contribution in [0.1, 0.15) is 12.5 Å². The van der Waals surface area contributed by atoms with Crippen LogP contribution in [-0.2, 0) is 6.42 Å². The minimum atomic E-state index is -1.21. The topological polar surface area (TPSA) is 12.9 Å². The molecule has 0 spiro atoms. The number of nitrogens with zero attached hydrogens (tertiary/aromatic N) is 1. The third-order valence-corrected chi connectivity index (χ3v) is 3.85. The normalized spacial score (nSPS) is 11.7. The van der Waals surface area contributed by atoms with Gasteiger partial charge in [0.25, 0.3) is 0 Å². The average Bonchev–Trinajstić information content (AvgIpc) is 2.03. The first-order chi connectivity index (χ1) is 5.55. The lowest BCUT2D eigenvalue weighted by Gasteiger charge is -2.18. The van der Waals surface area contributed by atoms with E-state index in [1.54, 1.807) is 0 Å². The smallest absolute Gasteiger partial charge is 0.102 e. The monoisotopic (exact) mass is 179 g/mol. The molecule has 0 bridgehead atoms. The number of aromatic nitrogens is 1. The van der Waals surface area contributed by atoms with Crippen LogP contribution in [0.25, 0.3) is 0 Å². The highest BCUT2D eigenvalue weighted by atomic mass is 28.3. The Morgan fingerprint density at radius 1 is 1.33 bits per heavy atom. The molecule has 0 aliphatic rings. The SMILES string of the molecule is CCc1cccnc1[Si](C)(C)C. The summed E-state index contributed by atoms with van der Waals surface area (Å²) in [5.41, 5.74) is 1.43. The van der Waals surface area contributed by atoms with Crippen molar-refractivity contribution in [2.45, 2.75) is 33.0 Å². The molecule has 1 heterocycles. The fraction of sp³-hybridized carbons (Fsp3) is 0.500. The molecular weight excluding hydrogens is 162 g/mol. The van der Waals surface area contributed by atoms with Gasteiger partial charge in [0.05, 0.1) is 0 Å². The van der Waals surface area contributed by atoms with E-state index in [1.165, 1.54) is 10.9 Å². The number of aryl methyl sites for hydroxylation is 1. The van der Waals surface area contributed by atoms with Gasteiger partial charge in [-0.3, -0.25) is 4.98 Å². The van der Waals surface area contributed by atoms with E-state index in [0.717, 1.165) is 6.42 Å². The van der Waals surface area contributed by atoms with Crippen molar-refractivity contribution in [2.24, 2.45) is 0 Å². The van der Waals surface area contributed by atoms with Gasteiger partial charge in [0, 0.05) is 11.5 Å². The van der Waals surface area contributed by atoms with Crippen LogP contribution in [0.4, 0.5) is 0 Å². The van der Waals surface area contributed by atoms with Gasteiger partial charge in [-0.1, -0.05) is 32.6 Å². The first kappa shape index (κ1) is 9.45. The van der Waals surface area contributed by atoms with Gasteiger partial charge in [-0.25, -0.2) is 0 Å². The fourth-order valence-corrected chi connectivity index (χ4v) is 3.08. The van der Waals surface area contributed by atoms with Gasteiger partial charge < -0.3 is 0 Å². The average molecular weight is 179 g/mol. The second-order valence-corrected chi connectivity index (χ2v) is 9.09. The Kier molecular flexibility index (Phi) is 2.68. The standard InChI is InChI=1S/C10H17NSi/c1-5-9-7-6-8-11-10(9)12(2,3)4/h6-8H,5H2,1-4H3. The molecule has 0 saturated heterocycles. The van der Waals surface area contributed by atoms with Crippen LogP contribution >= 0.6 is 0 Å². The van der Waals surface area contributed by atoms with E-state index in [1.807, 2.05) is 12.3 Å². The largest absolute Gasteiger partial charge is 0.266 e. The summed E-state index contributed by atoms with van der Waals surface area (Å²) in [4.78, 5) is 4.48. The zero-order valence-electron chi connectivity index (χ0n) is 8.39. The molecule has 12 heavy (non-hydrogen) atoms. The van der Waals surface area contributed by atoms with Crippen molar-refractivity contribution in [2.75, 3.05) is 0 Å². The molecule has 0 radical (unpaired) electrons. The molecular formula is C10H17NSi. The molecule has 0 aromatic carbocycles. The maximum Gasteiger partial charge on any atom is 0.102 e. The highest BCUT2D eigenvalue weighted by Gasteiger charge is 2.20. The van der Waals surface area contributed by atoms with Crippen LogP contribution in [0, 0.1) is 0 Å². The van der Waals surface area contributed by atoms with Crippen molar-refractivity contribution >= 4 is 13.4 Å². The van der Waals surface area contributed by atoms with Gasteiger partial charge >= 0.3 is 0 Å². The summed E-state index contributed by atoms with van der Waals surface area (Å²) in [7, 11) is -1.21. The molecule has 1 nitrogen and oxygen atoms in total. The van der Waals surface area contributed by atoms with Crippen molar-refractivity contribution in [3.8, 4) is 0 Å². The van der Waals surface area contributed by atoms with E-state index in [-0.39, 0.29) is 0 Å². The van der Waals surface area contributed by atoms with E-state index in [9.17, 15) is 0 Å². The van der Waals surface area contributed by atoms with Gasteiger partial charge in [0.1, 0.15) is 8.07 Å². The Hall–Kier alpha value is -0.633. The lowest BCUT2D eigenvalue weighted by atomic mass is 10.2. The maximum absolute atomic E-state index is 4.48. The molecule has 2 heteroatoms. The van der Waals surface area contributed by atoms with Gasteiger partial charge in [0.15, 0.2) is 0 Å². The molecule has 66 valence electrons. The lowest BCUT2D eigenvalue weighted by molar-refractivity contribution is 1.12. The molecule has 0 amide bonds. The maximum atomic E-state index is 4.48. The molecule has 0 saturated carbocycles. The van der Waals surface area contributed by atoms with Gasteiger partial charge in [-0.05, 0) is 18.1 Å². The Morgan fingerprint density at radius 2 is 2.00 bits per heavy atom. The van der Waals surface area contributed by atoms with Gasteiger partial charge in [-0.15, -0.1) is 0 Å². The molecule has 0 N–H and O–H groups in total.